The van der Waals surface area contributed by atoms with Gasteiger partial charge in [0, 0.05) is 5.92 Å². The molecular formula is C22H27NO4. The zero-order valence-electron chi connectivity index (χ0n) is 15.6. The van der Waals surface area contributed by atoms with Crippen molar-refractivity contribution in [1.29, 1.82) is 0 Å². The lowest BCUT2D eigenvalue weighted by molar-refractivity contribution is -0.273. The lowest BCUT2D eigenvalue weighted by atomic mass is 9.66. The van der Waals surface area contributed by atoms with Crippen molar-refractivity contribution < 1.29 is 19.0 Å². The van der Waals surface area contributed by atoms with Gasteiger partial charge in [-0.3, -0.25) is 4.79 Å². The molecule has 3 aliphatic rings. The number of nitrogens with zero attached hydrogens (tertiary/aromatic N) is 1. The van der Waals surface area contributed by atoms with E-state index in [2.05, 4.69) is 25.3 Å². The van der Waals surface area contributed by atoms with E-state index in [1.54, 1.807) is 0 Å². The molecule has 4 rings (SSSR count). The molecule has 1 aromatic carbocycles. The molecule has 3 unspecified atom stereocenters. The number of amides is 1. The van der Waals surface area contributed by atoms with E-state index in [1.165, 1.54) is 6.08 Å². The Morgan fingerprint density at radius 2 is 2.00 bits per heavy atom. The van der Waals surface area contributed by atoms with Crippen molar-refractivity contribution in [3.8, 4) is 0 Å². The summed E-state index contributed by atoms with van der Waals surface area (Å²) in [5.41, 5.74) is 0.767. The molecule has 3 atom stereocenters. The highest BCUT2D eigenvalue weighted by atomic mass is 16.7. The van der Waals surface area contributed by atoms with E-state index in [9.17, 15) is 4.79 Å². The Morgan fingerprint density at radius 3 is 2.67 bits per heavy atom. The first-order chi connectivity index (χ1) is 13.1. The van der Waals surface area contributed by atoms with Crippen LogP contribution < -0.4 is 0 Å². The van der Waals surface area contributed by atoms with Crippen LogP contribution in [0.5, 0.6) is 0 Å². The van der Waals surface area contributed by atoms with Gasteiger partial charge in [0.1, 0.15) is 0 Å². The number of piperidine rings is 1. The topological polar surface area (TPSA) is 48.0 Å². The van der Waals surface area contributed by atoms with Crippen LogP contribution >= 0.6 is 0 Å². The second-order valence-electron chi connectivity index (χ2n) is 7.63. The van der Waals surface area contributed by atoms with Gasteiger partial charge >= 0.3 is 0 Å². The highest BCUT2D eigenvalue weighted by molar-refractivity contribution is 5.88. The molecule has 5 heteroatoms. The number of fused-ring (bicyclic) bond motifs is 3. The summed E-state index contributed by atoms with van der Waals surface area (Å²) in [5, 5.41) is 0. The molecule has 0 aromatic heterocycles. The zero-order chi connectivity index (χ0) is 18.9. The summed E-state index contributed by atoms with van der Waals surface area (Å²) in [4.78, 5) is 14.4. The van der Waals surface area contributed by atoms with Crippen LogP contribution in [0.1, 0.15) is 24.8 Å². The van der Waals surface area contributed by atoms with Gasteiger partial charge in [-0.1, -0.05) is 43.0 Å². The Labute approximate surface area is 160 Å². The average molecular weight is 369 g/mol. The van der Waals surface area contributed by atoms with Crippen molar-refractivity contribution in [2.45, 2.75) is 43.3 Å². The van der Waals surface area contributed by atoms with Crippen LogP contribution in [-0.4, -0.2) is 48.0 Å². The van der Waals surface area contributed by atoms with Crippen molar-refractivity contribution in [2.75, 3.05) is 19.8 Å². The molecule has 2 bridgehead atoms. The molecule has 2 heterocycles. The maximum absolute atomic E-state index is 12.6. The minimum atomic E-state index is -0.799. The molecule has 0 radical (unpaired) electrons. The highest BCUT2D eigenvalue weighted by Crippen LogP contribution is 2.51. The maximum Gasteiger partial charge on any atom is 0.246 e. The minimum Gasteiger partial charge on any atom is -0.373 e. The molecule has 0 N–H and O–H groups in total. The second kappa shape index (κ2) is 7.23. The van der Waals surface area contributed by atoms with Crippen LogP contribution in [0.4, 0.5) is 0 Å². The number of carbonyl (C=O) groups excluding carboxylic acids is 1. The van der Waals surface area contributed by atoms with Gasteiger partial charge in [-0.15, -0.1) is 6.58 Å². The van der Waals surface area contributed by atoms with Gasteiger partial charge in [-0.05, 0) is 30.9 Å². The third-order valence-corrected chi connectivity index (χ3v) is 6.27. The molecule has 1 amide bonds. The first-order valence-corrected chi connectivity index (χ1v) is 9.63. The summed E-state index contributed by atoms with van der Waals surface area (Å²) in [5.74, 6) is -0.841. The normalized spacial score (nSPS) is 31.6. The fourth-order valence-corrected chi connectivity index (χ4v) is 4.84. The van der Waals surface area contributed by atoms with Gasteiger partial charge in [0.15, 0.2) is 5.79 Å². The van der Waals surface area contributed by atoms with Crippen LogP contribution in [0.2, 0.25) is 0 Å². The SMILES string of the molecule is C=CC(=O)N1CC2(OCCO2)C2CC1(C=C)CCC2OCc1ccccc1. The molecular weight excluding hydrogens is 342 g/mol. The predicted octanol–water partition coefficient (Wildman–Crippen LogP) is 3.07. The molecule has 5 nitrogen and oxygen atoms in total. The largest absolute Gasteiger partial charge is 0.373 e. The molecule has 2 saturated heterocycles. The Bertz CT molecular complexity index is 712. The summed E-state index contributed by atoms with van der Waals surface area (Å²) >= 11 is 0. The van der Waals surface area contributed by atoms with Crippen molar-refractivity contribution in [3.63, 3.8) is 0 Å². The summed E-state index contributed by atoms with van der Waals surface area (Å²) in [6.45, 7) is 9.75. The number of hydrogen-bond acceptors (Lipinski definition) is 4. The molecule has 27 heavy (non-hydrogen) atoms. The number of rotatable bonds is 5. The van der Waals surface area contributed by atoms with Crippen LogP contribution in [0.3, 0.4) is 0 Å². The summed E-state index contributed by atoms with van der Waals surface area (Å²) in [6, 6.07) is 10.2. The van der Waals surface area contributed by atoms with Crippen molar-refractivity contribution >= 4 is 5.91 Å². The van der Waals surface area contributed by atoms with E-state index in [0.717, 1.165) is 24.8 Å². The molecule has 144 valence electrons. The zero-order valence-corrected chi connectivity index (χ0v) is 15.6. The van der Waals surface area contributed by atoms with Crippen molar-refractivity contribution in [1.82, 2.24) is 4.90 Å². The molecule has 1 aliphatic carbocycles. The Balaban J connectivity index is 1.59. The quantitative estimate of drug-likeness (QED) is 0.591. The van der Waals surface area contributed by atoms with E-state index in [4.69, 9.17) is 14.2 Å². The monoisotopic (exact) mass is 369 g/mol. The number of carbonyl (C=O) groups is 1. The first-order valence-electron chi connectivity index (χ1n) is 9.63. The van der Waals surface area contributed by atoms with Gasteiger partial charge in [0.25, 0.3) is 0 Å². The van der Waals surface area contributed by atoms with Crippen LogP contribution in [0.25, 0.3) is 0 Å². The Kier molecular flexibility index (Phi) is 4.93. The van der Waals surface area contributed by atoms with Gasteiger partial charge in [-0.2, -0.15) is 0 Å². The van der Waals surface area contributed by atoms with Gasteiger partial charge in [-0.25, -0.2) is 0 Å². The van der Waals surface area contributed by atoms with Crippen LogP contribution in [-0.2, 0) is 25.6 Å². The summed E-state index contributed by atoms with van der Waals surface area (Å²) in [6.07, 6.45) is 5.69. The Hall–Kier alpha value is -1.95. The van der Waals surface area contributed by atoms with E-state index in [0.29, 0.717) is 26.4 Å². The number of hydrogen-bond donors (Lipinski definition) is 0. The predicted molar refractivity (Wildman–Crippen MR) is 102 cm³/mol. The molecule has 1 aromatic rings. The second-order valence-corrected chi connectivity index (χ2v) is 7.63. The van der Waals surface area contributed by atoms with Gasteiger partial charge in [0.2, 0.25) is 5.91 Å². The first kappa shape index (κ1) is 18.4. The van der Waals surface area contributed by atoms with E-state index in [-0.39, 0.29) is 23.5 Å². The highest BCUT2D eigenvalue weighted by Gasteiger charge is 2.61. The molecule has 2 aliphatic heterocycles. The lowest BCUT2D eigenvalue weighted by Crippen LogP contribution is -2.69. The smallest absolute Gasteiger partial charge is 0.246 e. The van der Waals surface area contributed by atoms with E-state index < -0.39 is 5.79 Å². The molecule has 1 spiro atoms. The standard InChI is InChI=1S/C22H27NO4/c1-3-20(24)23-16-22(26-12-13-27-22)18-14-21(23,4-2)11-10-19(18)25-15-17-8-6-5-7-9-17/h3-9,18-19H,1-2,10-16H2. The van der Waals surface area contributed by atoms with Crippen molar-refractivity contribution in [3.05, 3.63) is 61.2 Å². The van der Waals surface area contributed by atoms with E-state index in [1.807, 2.05) is 29.2 Å². The number of benzene rings is 1. The Morgan fingerprint density at radius 1 is 1.26 bits per heavy atom. The fourth-order valence-electron chi connectivity index (χ4n) is 4.84. The summed E-state index contributed by atoms with van der Waals surface area (Å²) in [7, 11) is 0. The number of likely N-dealkylation sites (tertiary alicyclic amines) is 1. The third kappa shape index (κ3) is 3.14. The van der Waals surface area contributed by atoms with Crippen molar-refractivity contribution in [2.24, 2.45) is 5.92 Å². The van der Waals surface area contributed by atoms with Gasteiger partial charge in [0.05, 0.1) is 38.0 Å². The summed E-state index contributed by atoms with van der Waals surface area (Å²) < 4.78 is 18.5. The fraction of sp³-hybridized carbons (Fsp3) is 0.500. The van der Waals surface area contributed by atoms with E-state index >= 15 is 0 Å². The third-order valence-electron chi connectivity index (χ3n) is 6.27. The minimum absolute atomic E-state index is 0.0253. The van der Waals surface area contributed by atoms with Crippen LogP contribution in [0.15, 0.2) is 55.6 Å². The maximum atomic E-state index is 12.6. The average Bonchev–Trinajstić information content (AvgIpc) is 3.19. The lowest BCUT2D eigenvalue weighted by Gasteiger charge is -2.58. The molecule has 3 fully saturated rings. The van der Waals surface area contributed by atoms with Gasteiger partial charge < -0.3 is 19.1 Å². The number of ether oxygens (including phenoxy) is 3. The van der Waals surface area contributed by atoms with Crippen LogP contribution in [0, 0.1) is 5.92 Å². The molecule has 1 saturated carbocycles.